The lowest BCUT2D eigenvalue weighted by Gasteiger charge is -2.30. The molecule has 1 atom stereocenters. The fraction of sp³-hybridized carbons (Fsp3) is 0.500. The Morgan fingerprint density at radius 3 is 3.16 bits per heavy atom. The van der Waals surface area contributed by atoms with Crippen molar-refractivity contribution in [2.45, 2.75) is 13.0 Å². The van der Waals surface area contributed by atoms with Gasteiger partial charge in [-0.15, -0.1) is 0 Å². The fourth-order valence-electron chi connectivity index (χ4n) is 2.05. The minimum atomic E-state index is -0.899. The highest BCUT2D eigenvalue weighted by Crippen LogP contribution is 2.12. The first-order valence-electron chi connectivity index (χ1n) is 6.41. The van der Waals surface area contributed by atoms with E-state index in [0.717, 1.165) is 17.9 Å². The number of ether oxygens (including phenoxy) is 2. The van der Waals surface area contributed by atoms with Crippen LogP contribution < -0.4 is 4.74 Å². The van der Waals surface area contributed by atoms with Crippen molar-refractivity contribution in [3.05, 3.63) is 29.8 Å². The largest absolute Gasteiger partial charge is 0.492 e. The van der Waals surface area contributed by atoms with Crippen LogP contribution in [0.1, 0.15) is 5.56 Å². The summed E-state index contributed by atoms with van der Waals surface area (Å²) in [5, 5.41) is 8.91. The van der Waals surface area contributed by atoms with Gasteiger partial charge in [-0.25, -0.2) is 4.79 Å². The molecular weight excluding hydrogens is 246 g/mol. The second-order valence-electron chi connectivity index (χ2n) is 4.66. The van der Waals surface area contributed by atoms with Crippen molar-refractivity contribution < 1.29 is 19.4 Å². The molecule has 0 aliphatic carbocycles. The van der Waals surface area contributed by atoms with Crippen molar-refractivity contribution in [3.8, 4) is 5.75 Å². The number of aliphatic carboxylic acids is 1. The van der Waals surface area contributed by atoms with Gasteiger partial charge in [0.15, 0.2) is 6.10 Å². The monoisotopic (exact) mass is 265 g/mol. The molecule has 1 saturated heterocycles. The molecule has 1 aromatic carbocycles. The van der Waals surface area contributed by atoms with Gasteiger partial charge in [-0.05, 0) is 24.6 Å². The molecule has 0 bridgehead atoms. The van der Waals surface area contributed by atoms with Crippen molar-refractivity contribution in [2.75, 3.05) is 32.8 Å². The highest BCUT2D eigenvalue weighted by atomic mass is 16.5. The molecule has 1 aliphatic heterocycles. The number of carboxylic acids is 1. The van der Waals surface area contributed by atoms with Gasteiger partial charge < -0.3 is 14.6 Å². The molecule has 1 heterocycles. The number of morpholine rings is 1. The smallest absolute Gasteiger partial charge is 0.334 e. The summed E-state index contributed by atoms with van der Waals surface area (Å²) in [5.74, 6) is -0.0488. The van der Waals surface area contributed by atoms with Crippen molar-refractivity contribution in [1.82, 2.24) is 4.90 Å². The molecule has 1 unspecified atom stereocenters. The summed E-state index contributed by atoms with van der Waals surface area (Å²) in [6.07, 6.45) is -0.715. The number of aryl methyl sites for hydroxylation is 1. The Labute approximate surface area is 112 Å². The highest BCUT2D eigenvalue weighted by Gasteiger charge is 2.25. The molecule has 2 rings (SSSR count). The summed E-state index contributed by atoms with van der Waals surface area (Å²) in [4.78, 5) is 12.9. The Morgan fingerprint density at radius 2 is 2.42 bits per heavy atom. The number of carboxylic acid groups (broad SMARTS) is 1. The van der Waals surface area contributed by atoms with E-state index in [4.69, 9.17) is 14.6 Å². The van der Waals surface area contributed by atoms with Gasteiger partial charge in [0.1, 0.15) is 12.4 Å². The van der Waals surface area contributed by atoms with Crippen molar-refractivity contribution in [3.63, 3.8) is 0 Å². The van der Waals surface area contributed by atoms with Crippen LogP contribution in [0.5, 0.6) is 5.75 Å². The molecule has 0 spiro atoms. The summed E-state index contributed by atoms with van der Waals surface area (Å²) in [6, 6.07) is 7.89. The number of hydrogen-bond donors (Lipinski definition) is 1. The third-order valence-electron chi connectivity index (χ3n) is 3.09. The average Bonchev–Trinajstić information content (AvgIpc) is 2.39. The zero-order valence-corrected chi connectivity index (χ0v) is 11.0. The predicted octanol–water partition coefficient (Wildman–Crippen LogP) is 1.16. The van der Waals surface area contributed by atoms with Gasteiger partial charge in [0, 0.05) is 19.6 Å². The number of hydrogen-bond acceptors (Lipinski definition) is 4. The Kier molecular flexibility index (Phi) is 4.76. The standard InChI is InChI=1S/C14H19NO4/c1-11-3-2-4-12(9-11)18-7-5-15-6-8-19-13(10-15)14(16)17/h2-4,9,13H,5-8,10H2,1H3,(H,16,17). The first-order valence-corrected chi connectivity index (χ1v) is 6.41. The lowest BCUT2D eigenvalue weighted by Crippen LogP contribution is -2.47. The van der Waals surface area contributed by atoms with Gasteiger partial charge in [0.05, 0.1) is 6.61 Å². The number of carbonyl (C=O) groups is 1. The van der Waals surface area contributed by atoms with Gasteiger partial charge in [0.25, 0.3) is 0 Å². The van der Waals surface area contributed by atoms with Crippen LogP contribution in [0.4, 0.5) is 0 Å². The van der Waals surface area contributed by atoms with Crippen LogP contribution in [0.3, 0.4) is 0 Å². The molecule has 1 aromatic rings. The van der Waals surface area contributed by atoms with Gasteiger partial charge in [-0.1, -0.05) is 12.1 Å². The molecule has 5 heteroatoms. The molecular formula is C14H19NO4. The third kappa shape index (κ3) is 4.22. The van der Waals surface area contributed by atoms with Crippen LogP contribution in [0.2, 0.25) is 0 Å². The summed E-state index contributed by atoms with van der Waals surface area (Å²) >= 11 is 0. The van der Waals surface area contributed by atoms with Gasteiger partial charge in [0.2, 0.25) is 0 Å². The quantitative estimate of drug-likeness (QED) is 0.865. The maximum atomic E-state index is 10.8. The molecule has 0 aromatic heterocycles. The number of nitrogens with zero attached hydrogens (tertiary/aromatic N) is 1. The van der Waals surface area contributed by atoms with Crippen LogP contribution in [0, 0.1) is 6.92 Å². The Balaban J connectivity index is 1.75. The Hall–Kier alpha value is -1.59. The summed E-state index contributed by atoms with van der Waals surface area (Å²) in [7, 11) is 0. The van der Waals surface area contributed by atoms with E-state index in [0.29, 0.717) is 26.3 Å². The molecule has 0 saturated carbocycles. The van der Waals surface area contributed by atoms with Crippen molar-refractivity contribution in [2.24, 2.45) is 0 Å². The molecule has 1 fully saturated rings. The first-order chi connectivity index (χ1) is 9.15. The van der Waals surface area contributed by atoms with Gasteiger partial charge >= 0.3 is 5.97 Å². The fourth-order valence-corrected chi connectivity index (χ4v) is 2.05. The van der Waals surface area contributed by atoms with Crippen LogP contribution >= 0.6 is 0 Å². The molecule has 5 nitrogen and oxygen atoms in total. The predicted molar refractivity (Wildman–Crippen MR) is 70.5 cm³/mol. The summed E-state index contributed by atoms with van der Waals surface area (Å²) in [5.41, 5.74) is 1.16. The van der Waals surface area contributed by atoms with Crippen LogP contribution in [0.25, 0.3) is 0 Å². The van der Waals surface area contributed by atoms with Crippen LogP contribution in [0.15, 0.2) is 24.3 Å². The third-order valence-corrected chi connectivity index (χ3v) is 3.09. The molecule has 104 valence electrons. The Bertz CT molecular complexity index is 435. The second-order valence-corrected chi connectivity index (χ2v) is 4.66. The van der Waals surface area contributed by atoms with E-state index in [1.54, 1.807) is 0 Å². The van der Waals surface area contributed by atoms with E-state index in [1.165, 1.54) is 0 Å². The van der Waals surface area contributed by atoms with Crippen LogP contribution in [-0.4, -0.2) is 54.9 Å². The minimum Gasteiger partial charge on any atom is -0.492 e. The topological polar surface area (TPSA) is 59.0 Å². The average molecular weight is 265 g/mol. The van der Waals surface area contributed by atoms with Crippen molar-refractivity contribution >= 4 is 5.97 Å². The van der Waals surface area contributed by atoms with E-state index < -0.39 is 12.1 Å². The zero-order valence-electron chi connectivity index (χ0n) is 11.0. The number of rotatable bonds is 5. The lowest BCUT2D eigenvalue weighted by molar-refractivity contribution is -0.156. The summed E-state index contributed by atoms with van der Waals surface area (Å²) < 4.78 is 10.8. The molecule has 1 N–H and O–H groups in total. The number of benzene rings is 1. The molecule has 0 radical (unpaired) electrons. The lowest BCUT2D eigenvalue weighted by atomic mass is 10.2. The maximum Gasteiger partial charge on any atom is 0.334 e. The van der Waals surface area contributed by atoms with Crippen LogP contribution in [-0.2, 0) is 9.53 Å². The maximum absolute atomic E-state index is 10.8. The van der Waals surface area contributed by atoms with E-state index >= 15 is 0 Å². The van der Waals surface area contributed by atoms with Crippen molar-refractivity contribution in [1.29, 1.82) is 0 Å². The zero-order chi connectivity index (χ0) is 13.7. The molecule has 0 amide bonds. The summed E-state index contributed by atoms with van der Waals surface area (Å²) in [6.45, 7) is 4.91. The highest BCUT2D eigenvalue weighted by molar-refractivity contribution is 5.72. The Morgan fingerprint density at radius 1 is 1.58 bits per heavy atom. The van der Waals surface area contributed by atoms with E-state index in [9.17, 15) is 4.79 Å². The second kappa shape index (κ2) is 6.54. The SMILES string of the molecule is Cc1cccc(OCCN2CCOC(C(=O)O)C2)c1. The minimum absolute atomic E-state index is 0.423. The van der Waals surface area contributed by atoms with E-state index in [2.05, 4.69) is 4.90 Å². The first kappa shape index (κ1) is 13.8. The molecule has 19 heavy (non-hydrogen) atoms. The van der Waals surface area contributed by atoms with E-state index in [1.807, 2.05) is 31.2 Å². The van der Waals surface area contributed by atoms with Gasteiger partial charge in [-0.3, -0.25) is 4.90 Å². The normalized spacial score (nSPS) is 20.2. The molecule has 1 aliphatic rings. The van der Waals surface area contributed by atoms with Gasteiger partial charge in [-0.2, -0.15) is 0 Å². The van der Waals surface area contributed by atoms with E-state index in [-0.39, 0.29) is 0 Å².